The molecule has 0 spiro atoms. The first kappa shape index (κ1) is 13.7. The van der Waals surface area contributed by atoms with Crippen molar-refractivity contribution in [1.29, 1.82) is 0 Å². The summed E-state index contributed by atoms with van der Waals surface area (Å²) in [6, 6.07) is 6.71. The van der Waals surface area contributed by atoms with Crippen molar-refractivity contribution < 1.29 is 4.74 Å². The van der Waals surface area contributed by atoms with Crippen molar-refractivity contribution in [3.63, 3.8) is 0 Å². The maximum Gasteiger partial charge on any atom is 0.178 e. The first-order chi connectivity index (χ1) is 9.72. The summed E-state index contributed by atoms with van der Waals surface area (Å²) in [7, 11) is 1.69. The molecule has 1 saturated carbocycles. The first-order valence-corrected chi connectivity index (χ1v) is 7.92. The van der Waals surface area contributed by atoms with E-state index >= 15 is 0 Å². The summed E-state index contributed by atoms with van der Waals surface area (Å²) in [5.41, 5.74) is 2.28. The summed E-state index contributed by atoms with van der Waals surface area (Å²) in [4.78, 5) is 3.33. The molecule has 0 saturated heterocycles. The number of H-pyrrole nitrogens is 1. The molecule has 108 valence electrons. The third-order valence-electron chi connectivity index (χ3n) is 4.62. The minimum absolute atomic E-state index is 0.545. The fraction of sp³-hybridized carbons (Fsp3) is 0.562. The van der Waals surface area contributed by atoms with Gasteiger partial charge in [0.15, 0.2) is 4.77 Å². The van der Waals surface area contributed by atoms with Crippen LogP contribution in [0.15, 0.2) is 18.2 Å². The minimum atomic E-state index is 0.545. The van der Waals surface area contributed by atoms with Crippen molar-refractivity contribution in [2.24, 2.45) is 5.92 Å². The van der Waals surface area contributed by atoms with Gasteiger partial charge in [-0.15, -0.1) is 0 Å². The van der Waals surface area contributed by atoms with E-state index in [1.807, 2.05) is 12.1 Å². The monoisotopic (exact) mass is 290 g/mol. The van der Waals surface area contributed by atoms with Gasteiger partial charge in [0, 0.05) is 12.1 Å². The number of methoxy groups -OCH3 is 1. The van der Waals surface area contributed by atoms with Gasteiger partial charge in [0.25, 0.3) is 0 Å². The Balaban J connectivity index is 2.02. The predicted molar refractivity (Wildman–Crippen MR) is 85.0 cm³/mol. The van der Waals surface area contributed by atoms with Crippen LogP contribution in [0.5, 0.6) is 5.75 Å². The molecule has 1 heterocycles. The van der Waals surface area contributed by atoms with Gasteiger partial charge in [-0.3, -0.25) is 0 Å². The number of imidazole rings is 1. The number of rotatable bonds is 3. The van der Waals surface area contributed by atoms with Crippen LogP contribution in [0.1, 0.15) is 45.1 Å². The number of hydrogen-bond acceptors (Lipinski definition) is 2. The zero-order chi connectivity index (χ0) is 14.1. The van der Waals surface area contributed by atoms with Crippen molar-refractivity contribution in [1.82, 2.24) is 9.55 Å². The molecule has 3 nitrogen and oxygen atoms in total. The van der Waals surface area contributed by atoms with E-state index < -0.39 is 0 Å². The smallest absolute Gasteiger partial charge is 0.178 e. The molecule has 1 aromatic carbocycles. The number of aromatic amines is 1. The third kappa shape index (κ3) is 2.37. The Morgan fingerprint density at radius 1 is 1.40 bits per heavy atom. The van der Waals surface area contributed by atoms with Gasteiger partial charge in [0.2, 0.25) is 0 Å². The largest absolute Gasteiger partial charge is 0.497 e. The van der Waals surface area contributed by atoms with Crippen LogP contribution in [0.25, 0.3) is 11.0 Å². The summed E-state index contributed by atoms with van der Waals surface area (Å²) >= 11 is 5.55. The van der Waals surface area contributed by atoms with E-state index in [4.69, 9.17) is 17.0 Å². The third-order valence-corrected chi connectivity index (χ3v) is 4.92. The average molecular weight is 290 g/mol. The zero-order valence-corrected chi connectivity index (χ0v) is 13.0. The standard InChI is InChI=1S/C16H22N2OS/c1-3-11-5-4-6-12(9-11)18-15-8-7-13(19-2)10-14(15)17-16(18)20/h7-8,10-12H,3-6,9H2,1-2H3,(H,17,20). The van der Waals surface area contributed by atoms with Crippen molar-refractivity contribution >= 4 is 23.3 Å². The highest BCUT2D eigenvalue weighted by atomic mass is 32.1. The highest BCUT2D eigenvalue weighted by Crippen LogP contribution is 2.36. The van der Waals surface area contributed by atoms with Crippen molar-refractivity contribution in [2.45, 2.75) is 45.1 Å². The maximum absolute atomic E-state index is 5.55. The molecule has 2 aromatic rings. The van der Waals surface area contributed by atoms with E-state index in [0.717, 1.165) is 22.0 Å². The average Bonchev–Trinajstić information content (AvgIpc) is 2.82. The van der Waals surface area contributed by atoms with Crippen molar-refractivity contribution in [3.05, 3.63) is 23.0 Å². The second-order valence-electron chi connectivity index (χ2n) is 5.78. The molecular formula is C16H22N2OS. The van der Waals surface area contributed by atoms with E-state index in [9.17, 15) is 0 Å². The number of ether oxygens (including phenoxy) is 1. The predicted octanol–water partition coefficient (Wildman–Crippen LogP) is 4.85. The summed E-state index contributed by atoms with van der Waals surface area (Å²) < 4.78 is 8.46. The van der Waals surface area contributed by atoms with Gasteiger partial charge in [-0.2, -0.15) is 0 Å². The van der Waals surface area contributed by atoms with Crippen LogP contribution in [0.3, 0.4) is 0 Å². The summed E-state index contributed by atoms with van der Waals surface area (Å²) in [5.74, 6) is 1.72. The molecule has 0 amide bonds. The Morgan fingerprint density at radius 2 is 2.25 bits per heavy atom. The SMILES string of the molecule is CCC1CCCC(n2c(=S)[nH]c3cc(OC)ccc32)C1. The Labute approximate surface area is 125 Å². The summed E-state index contributed by atoms with van der Waals surface area (Å²) in [6.45, 7) is 2.30. The lowest BCUT2D eigenvalue weighted by Gasteiger charge is -2.29. The Bertz CT molecular complexity index is 658. The molecule has 0 radical (unpaired) electrons. The van der Waals surface area contributed by atoms with E-state index in [2.05, 4.69) is 22.5 Å². The van der Waals surface area contributed by atoms with Crippen molar-refractivity contribution in [3.8, 4) is 5.75 Å². The number of aromatic nitrogens is 2. The van der Waals surface area contributed by atoms with Gasteiger partial charge in [-0.25, -0.2) is 0 Å². The first-order valence-electron chi connectivity index (χ1n) is 7.51. The van der Waals surface area contributed by atoms with Crippen molar-refractivity contribution in [2.75, 3.05) is 7.11 Å². The molecule has 1 N–H and O–H groups in total. The van der Waals surface area contributed by atoms with E-state index in [1.165, 1.54) is 37.6 Å². The maximum atomic E-state index is 5.55. The second-order valence-corrected chi connectivity index (χ2v) is 6.16. The van der Waals surface area contributed by atoms with Crippen LogP contribution in [-0.4, -0.2) is 16.7 Å². The molecule has 2 unspecified atom stereocenters. The van der Waals surface area contributed by atoms with Gasteiger partial charge < -0.3 is 14.3 Å². The highest BCUT2D eigenvalue weighted by Gasteiger charge is 2.24. The molecule has 1 fully saturated rings. The second kappa shape index (κ2) is 5.60. The van der Waals surface area contributed by atoms with Crippen LogP contribution in [0.2, 0.25) is 0 Å². The molecule has 1 aliphatic rings. The number of nitrogens with zero attached hydrogens (tertiary/aromatic N) is 1. The molecule has 0 aliphatic heterocycles. The fourth-order valence-electron chi connectivity index (χ4n) is 3.47. The van der Waals surface area contributed by atoms with Gasteiger partial charge in [0.05, 0.1) is 18.1 Å². The van der Waals surface area contributed by atoms with Crippen LogP contribution >= 0.6 is 12.2 Å². The molecule has 2 atom stereocenters. The number of nitrogens with one attached hydrogen (secondary N) is 1. The Hall–Kier alpha value is -1.29. The van der Waals surface area contributed by atoms with Gasteiger partial charge in [0.1, 0.15) is 5.75 Å². The zero-order valence-electron chi connectivity index (χ0n) is 12.2. The van der Waals surface area contributed by atoms with Crippen LogP contribution < -0.4 is 4.74 Å². The highest BCUT2D eigenvalue weighted by molar-refractivity contribution is 7.71. The number of hydrogen-bond donors (Lipinski definition) is 1. The summed E-state index contributed by atoms with van der Waals surface area (Å²) in [5, 5.41) is 0. The lowest BCUT2D eigenvalue weighted by Crippen LogP contribution is -2.19. The fourth-order valence-corrected chi connectivity index (χ4v) is 3.82. The molecule has 1 aliphatic carbocycles. The Kier molecular flexibility index (Phi) is 3.83. The topological polar surface area (TPSA) is 29.9 Å². The van der Waals surface area contributed by atoms with Gasteiger partial charge in [-0.1, -0.05) is 26.2 Å². The minimum Gasteiger partial charge on any atom is -0.497 e. The van der Waals surface area contributed by atoms with E-state index in [0.29, 0.717) is 6.04 Å². The van der Waals surface area contributed by atoms with Gasteiger partial charge >= 0.3 is 0 Å². The molecular weight excluding hydrogens is 268 g/mol. The van der Waals surface area contributed by atoms with Crippen LogP contribution in [0, 0.1) is 10.7 Å². The van der Waals surface area contributed by atoms with Gasteiger partial charge in [-0.05, 0) is 43.1 Å². The molecule has 1 aromatic heterocycles. The van der Waals surface area contributed by atoms with E-state index in [1.54, 1.807) is 7.11 Å². The quantitative estimate of drug-likeness (QED) is 0.819. The Morgan fingerprint density at radius 3 is 3.00 bits per heavy atom. The normalized spacial score (nSPS) is 23.1. The molecule has 20 heavy (non-hydrogen) atoms. The molecule has 3 rings (SSSR count). The van der Waals surface area contributed by atoms with Crippen LogP contribution in [0.4, 0.5) is 0 Å². The lowest BCUT2D eigenvalue weighted by molar-refractivity contribution is 0.263. The number of benzene rings is 1. The number of fused-ring (bicyclic) bond motifs is 1. The van der Waals surface area contributed by atoms with E-state index in [-0.39, 0.29) is 0 Å². The molecule has 4 heteroatoms. The lowest BCUT2D eigenvalue weighted by atomic mass is 9.84. The summed E-state index contributed by atoms with van der Waals surface area (Å²) in [6.07, 6.45) is 6.46. The van der Waals surface area contributed by atoms with Crippen LogP contribution in [-0.2, 0) is 0 Å². The molecule has 0 bridgehead atoms.